The van der Waals surface area contributed by atoms with E-state index in [0.29, 0.717) is 24.9 Å². The van der Waals surface area contributed by atoms with Crippen LogP contribution in [0.25, 0.3) is 0 Å². The number of aliphatic hydroxyl groups excluding tert-OH is 2. The first-order valence-corrected chi connectivity index (χ1v) is 22.4. The number of aliphatic hydroxyl groups is 2. The van der Waals surface area contributed by atoms with Gasteiger partial charge in [0.05, 0.1) is 31.2 Å². The Morgan fingerprint density at radius 1 is 0.828 bits per heavy atom. The Morgan fingerprint density at radius 3 is 1.60 bits per heavy atom. The summed E-state index contributed by atoms with van der Waals surface area (Å²) in [5.41, 5.74) is 1.88. The molecule has 0 spiro atoms. The van der Waals surface area contributed by atoms with E-state index in [1.54, 1.807) is 20.8 Å². The van der Waals surface area contributed by atoms with E-state index in [1.165, 1.54) is 49.6 Å². The van der Waals surface area contributed by atoms with Crippen LogP contribution in [-0.2, 0) is 29.2 Å². The van der Waals surface area contributed by atoms with E-state index < -0.39 is 21.8 Å². The summed E-state index contributed by atoms with van der Waals surface area (Å²) in [4.78, 5) is 13.0. The summed E-state index contributed by atoms with van der Waals surface area (Å²) in [6, 6.07) is 16.2. The normalized spacial score (nSPS) is 16.1. The molecule has 332 valence electrons. The number of amides is 1. The van der Waals surface area contributed by atoms with Crippen LogP contribution < -0.4 is 14.8 Å². The first-order chi connectivity index (χ1) is 26.6. The summed E-state index contributed by atoms with van der Waals surface area (Å²) < 4.78 is 42.8. The number of rotatable bonds is 14. The number of nitrogens with zero attached hydrogens (tertiary/aromatic N) is 1. The molecule has 3 N–H and O–H groups in total. The standard InChI is InChI=1S/C28H40O5.C7H13NO.C6H13N.C5H12O3S/c1-21(17-29)18-31-26-13-9-22(10-14-26)28(2,3)23-11-15-27(16-12-23)33-20-24(30)19-32-25-7-5-4-6-8-25;1-5-6(9)8-7(2,3)4;1-6(2,3)7-4-5-7;1-5(2,3)8-9(4,6)7/h9-16,21,24-25,29-30H,4-8,17-20H2,1-3H3;5H,1H2,2-4H3,(H,8,9);4-5H2,1-3H3;1-4H3. The van der Waals surface area contributed by atoms with Gasteiger partial charge in [-0.15, -0.1) is 0 Å². The highest BCUT2D eigenvalue weighted by atomic mass is 32.2. The van der Waals surface area contributed by atoms with Gasteiger partial charge in [0, 0.05) is 42.1 Å². The largest absolute Gasteiger partial charge is 0.493 e. The Balaban J connectivity index is 0.000000540. The third kappa shape index (κ3) is 24.8. The average molecular weight is 835 g/mol. The van der Waals surface area contributed by atoms with Crippen molar-refractivity contribution < 1.29 is 41.8 Å². The highest BCUT2D eigenvalue weighted by Crippen LogP contribution is 2.33. The molecule has 2 aliphatic rings. The molecule has 1 heterocycles. The van der Waals surface area contributed by atoms with Crippen molar-refractivity contribution in [2.24, 2.45) is 5.92 Å². The predicted molar refractivity (Wildman–Crippen MR) is 236 cm³/mol. The fourth-order valence-corrected chi connectivity index (χ4v) is 6.62. The van der Waals surface area contributed by atoms with Gasteiger partial charge in [-0.05, 0) is 117 Å². The Bertz CT molecular complexity index is 1560. The molecule has 2 aromatic carbocycles. The van der Waals surface area contributed by atoms with Gasteiger partial charge in [-0.25, -0.2) is 0 Å². The number of carbonyl (C=O) groups is 1. The van der Waals surface area contributed by atoms with Crippen LogP contribution in [0.4, 0.5) is 0 Å². The van der Waals surface area contributed by atoms with Crippen LogP contribution in [0.3, 0.4) is 0 Å². The molecule has 0 radical (unpaired) electrons. The van der Waals surface area contributed by atoms with Crippen molar-refractivity contribution in [3.05, 3.63) is 72.3 Å². The van der Waals surface area contributed by atoms with Crippen LogP contribution in [-0.4, -0.2) is 104 Å². The van der Waals surface area contributed by atoms with Crippen molar-refractivity contribution in [1.82, 2.24) is 10.2 Å². The van der Waals surface area contributed by atoms with Crippen molar-refractivity contribution in [2.75, 3.05) is 45.8 Å². The van der Waals surface area contributed by atoms with Gasteiger partial charge in [-0.1, -0.05) is 70.9 Å². The summed E-state index contributed by atoms with van der Waals surface area (Å²) in [7, 11) is -3.28. The second-order valence-corrected chi connectivity index (χ2v) is 20.4. The lowest BCUT2D eigenvalue weighted by molar-refractivity contribution is -0.117. The summed E-state index contributed by atoms with van der Waals surface area (Å²) >= 11 is 0. The van der Waals surface area contributed by atoms with E-state index in [2.05, 4.69) is 79.9 Å². The van der Waals surface area contributed by atoms with Gasteiger partial charge in [0.15, 0.2) is 0 Å². The van der Waals surface area contributed by atoms with Crippen molar-refractivity contribution in [1.29, 1.82) is 0 Å². The fraction of sp³-hybridized carbons (Fsp3) is 0.674. The molecule has 1 amide bonds. The minimum absolute atomic E-state index is 0.118. The molecular formula is C46H78N2O9S. The minimum Gasteiger partial charge on any atom is -0.493 e. The van der Waals surface area contributed by atoms with Gasteiger partial charge < -0.3 is 29.7 Å². The second kappa shape index (κ2) is 24.3. The highest BCUT2D eigenvalue weighted by molar-refractivity contribution is 7.86. The summed E-state index contributed by atoms with van der Waals surface area (Å²) in [6.45, 7) is 31.1. The Labute approximate surface area is 352 Å². The fourth-order valence-electron chi connectivity index (χ4n) is 5.71. The molecule has 1 saturated heterocycles. The molecule has 1 aliphatic heterocycles. The van der Waals surface area contributed by atoms with Crippen LogP contribution in [0.5, 0.6) is 11.5 Å². The number of hydrogen-bond acceptors (Lipinski definition) is 10. The van der Waals surface area contributed by atoms with Gasteiger partial charge in [-0.3, -0.25) is 13.9 Å². The van der Waals surface area contributed by atoms with E-state index in [1.807, 2.05) is 52.0 Å². The van der Waals surface area contributed by atoms with E-state index in [9.17, 15) is 18.3 Å². The Morgan fingerprint density at radius 2 is 1.29 bits per heavy atom. The lowest BCUT2D eigenvalue weighted by Gasteiger charge is -2.27. The van der Waals surface area contributed by atoms with Crippen LogP contribution in [0.2, 0.25) is 0 Å². The SMILES string of the molecule is C=CC(=O)NC(C)(C)C.CC(C)(C)N1CC1.CC(C)(C)OS(C)(=O)=O.CC(CO)COc1ccc(C(C)(C)c2ccc(OCC(O)COC3CCCCC3)cc2)cc1. The molecule has 1 aliphatic carbocycles. The maximum atomic E-state index is 10.6. The Kier molecular flexibility index (Phi) is 22.2. The average Bonchev–Trinajstić information content (AvgIpc) is 3.98. The van der Waals surface area contributed by atoms with E-state index in [4.69, 9.17) is 19.3 Å². The molecule has 1 saturated carbocycles. The van der Waals surface area contributed by atoms with Gasteiger partial charge >= 0.3 is 0 Å². The molecule has 0 bridgehead atoms. The maximum absolute atomic E-state index is 10.6. The zero-order valence-corrected chi connectivity index (χ0v) is 38.8. The van der Waals surface area contributed by atoms with Gasteiger partial charge in [0.1, 0.15) is 24.2 Å². The number of carbonyl (C=O) groups excluding carboxylic acids is 1. The first-order valence-electron chi connectivity index (χ1n) is 20.6. The van der Waals surface area contributed by atoms with Crippen LogP contribution in [0.15, 0.2) is 61.2 Å². The lowest BCUT2D eigenvalue weighted by Crippen LogP contribution is -2.39. The molecule has 4 rings (SSSR count). The van der Waals surface area contributed by atoms with E-state index in [-0.39, 0.29) is 36.0 Å². The van der Waals surface area contributed by atoms with Crippen molar-refractivity contribution >= 4 is 16.0 Å². The smallest absolute Gasteiger partial charge is 0.264 e. The maximum Gasteiger partial charge on any atom is 0.264 e. The molecule has 58 heavy (non-hydrogen) atoms. The zero-order chi connectivity index (χ0) is 44.4. The lowest BCUT2D eigenvalue weighted by atomic mass is 9.78. The quantitative estimate of drug-likeness (QED) is 0.0972. The molecular weight excluding hydrogens is 757 g/mol. The van der Waals surface area contributed by atoms with Gasteiger partial charge in [-0.2, -0.15) is 8.42 Å². The van der Waals surface area contributed by atoms with Crippen LogP contribution >= 0.6 is 0 Å². The van der Waals surface area contributed by atoms with Crippen molar-refractivity contribution in [2.45, 2.75) is 149 Å². The Hall–Kier alpha value is -3.00. The zero-order valence-electron chi connectivity index (χ0n) is 38.0. The van der Waals surface area contributed by atoms with E-state index in [0.717, 1.165) is 30.6 Å². The number of hydrogen-bond donors (Lipinski definition) is 3. The predicted octanol–water partition coefficient (Wildman–Crippen LogP) is 8.06. The molecule has 2 aromatic rings. The van der Waals surface area contributed by atoms with Crippen molar-refractivity contribution in [3.63, 3.8) is 0 Å². The first kappa shape index (κ1) is 53.0. The van der Waals surface area contributed by atoms with Crippen LogP contribution in [0.1, 0.15) is 126 Å². The third-order valence-electron chi connectivity index (χ3n) is 9.00. The number of nitrogens with one attached hydrogen (secondary N) is 1. The number of benzene rings is 2. The summed E-state index contributed by atoms with van der Waals surface area (Å²) in [5.74, 6) is 1.55. The number of ether oxygens (including phenoxy) is 3. The third-order valence-corrected chi connectivity index (χ3v) is 9.80. The minimum atomic E-state index is -3.28. The molecule has 12 heteroatoms. The van der Waals surface area contributed by atoms with Crippen LogP contribution in [0, 0.1) is 5.92 Å². The van der Waals surface area contributed by atoms with Gasteiger partial charge in [0.25, 0.3) is 10.1 Å². The highest BCUT2D eigenvalue weighted by Gasteiger charge is 2.29. The summed E-state index contributed by atoms with van der Waals surface area (Å²) in [6.07, 6.45) is 7.92. The van der Waals surface area contributed by atoms with Gasteiger partial charge in [0.2, 0.25) is 5.91 Å². The molecule has 2 unspecified atom stereocenters. The van der Waals surface area contributed by atoms with E-state index >= 15 is 0 Å². The molecule has 2 atom stereocenters. The second-order valence-electron chi connectivity index (χ2n) is 18.8. The van der Waals surface area contributed by atoms with Crippen molar-refractivity contribution in [3.8, 4) is 11.5 Å². The molecule has 0 aromatic heterocycles. The summed E-state index contributed by atoms with van der Waals surface area (Å²) in [5, 5.41) is 22.1. The molecule has 11 nitrogen and oxygen atoms in total. The monoisotopic (exact) mass is 835 g/mol. The topological polar surface area (TPSA) is 144 Å². The molecule has 2 fully saturated rings.